The lowest BCUT2D eigenvalue weighted by atomic mass is 10.2. The number of aromatic nitrogens is 5. The van der Waals surface area contributed by atoms with E-state index in [4.69, 9.17) is 0 Å². The third-order valence-corrected chi connectivity index (χ3v) is 5.27. The first-order chi connectivity index (χ1) is 13.1. The van der Waals surface area contributed by atoms with Crippen molar-refractivity contribution in [3.05, 3.63) is 65.7 Å². The lowest BCUT2D eigenvalue weighted by Gasteiger charge is -2.11. The average molecular weight is 385 g/mol. The zero-order chi connectivity index (χ0) is 19.0. The zero-order valence-corrected chi connectivity index (χ0v) is 15.6. The van der Waals surface area contributed by atoms with Crippen molar-refractivity contribution in [1.82, 2.24) is 24.3 Å². The van der Waals surface area contributed by atoms with Crippen LogP contribution < -0.4 is 0 Å². The van der Waals surface area contributed by atoms with Gasteiger partial charge in [-0.15, -0.1) is 10.2 Å². The van der Waals surface area contributed by atoms with Crippen molar-refractivity contribution in [3.8, 4) is 5.69 Å². The normalized spacial score (nSPS) is 11.6. The van der Waals surface area contributed by atoms with Crippen molar-refractivity contribution < 1.29 is 8.78 Å². The second kappa shape index (κ2) is 7.11. The quantitative estimate of drug-likeness (QED) is 0.458. The zero-order valence-electron chi connectivity index (χ0n) is 14.8. The highest BCUT2D eigenvalue weighted by molar-refractivity contribution is 7.98. The van der Waals surface area contributed by atoms with E-state index in [0.29, 0.717) is 22.0 Å². The summed E-state index contributed by atoms with van der Waals surface area (Å²) in [7, 11) is 0. The first kappa shape index (κ1) is 17.7. The number of hydrogen-bond donors (Lipinski definition) is 0. The number of nitrogens with zero attached hydrogens (tertiary/aromatic N) is 5. The van der Waals surface area contributed by atoms with Crippen LogP contribution in [0.2, 0.25) is 0 Å². The van der Waals surface area contributed by atoms with E-state index >= 15 is 0 Å². The van der Waals surface area contributed by atoms with Crippen molar-refractivity contribution in [3.63, 3.8) is 0 Å². The molecule has 5 nitrogen and oxygen atoms in total. The third-order valence-electron chi connectivity index (χ3n) is 4.35. The maximum Gasteiger partial charge on any atom is 0.320 e. The lowest BCUT2D eigenvalue weighted by Crippen LogP contribution is -2.05. The maximum absolute atomic E-state index is 13.6. The van der Waals surface area contributed by atoms with Gasteiger partial charge in [-0.3, -0.25) is 9.13 Å². The topological polar surface area (TPSA) is 48.5 Å². The summed E-state index contributed by atoms with van der Waals surface area (Å²) < 4.78 is 30.1. The molecule has 0 aliphatic carbocycles. The fourth-order valence-corrected chi connectivity index (χ4v) is 3.99. The standard InChI is InChI=1S/C19H17F2N5S/c1-12-7-3-5-9-15(12)25-13(2)23-24-19(25)27-11-17-22-14-8-4-6-10-16(14)26(17)18(20)21/h3-10,18H,11H2,1-2H3. The van der Waals surface area contributed by atoms with Crippen LogP contribution in [0.3, 0.4) is 0 Å². The Balaban J connectivity index is 1.69. The summed E-state index contributed by atoms with van der Waals surface area (Å²) in [5, 5.41) is 9.04. The first-order valence-electron chi connectivity index (χ1n) is 8.41. The largest absolute Gasteiger partial charge is 0.320 e. The van der Waals surface area contributed by atoms with E-state index in [0.717, 1.165) is 21.6 Å². The molecule has 0 saturated heterocycles. The summed E-state index contributed by atoms with van der Waals surface area (Å²) in [5.41, 5.74) is 3.05. The van der Waals surface area contributed by atoms with Crippen molar-refractivity contribution >= 4 is 22.8 Å². The van der Waals surface area contributed by atoms with Gasteiger partial charge in [0.05, 0.1) is 22.5 Å². The Morgan fingerprint density at radius 1 is 1.00 bits per heavy atom. The molecule has 0 saturated carbocycles. The molecule has 0 aliphatic rings. The van der Waals surface area contributed by atoms with Crippen LogP contribution in [-0.4, -0.2) is 24.3 Å². The lowest BCUT2D eigenvalue weighted by molar-refractivity contribution is 0.0722. The number of imidazole rings is 1. The molecule has 0 unspecified atom stereocenters. The molecule has 0 bridgehead atoms. The molecule has 0 aliphatic heterocycles. The minimum atomic E-state index is -2.65. The van der Waals surface area contributed by atoms with Gasteiger partial charge in [-0.2, -0.15) is 8.78 Å². The maximum atomic E-state index is 13.6. The molecule has 2 aromatic heterocycles. The van der Waals surface area contributed by atoms with Gasteiger partial charge in [0.15, 0.2) is 5.16 Å². The molecule has 4 rings (SSSR count). The molecule has 8 heteroatoms. The molecule has 2 heterocycles. The highest BCUT2D eigenvalue weighted by atomic mass is 32.2. The van der Waals surface area contributed by atoms with Crippen LogP contribution in [-0.2, 0) is 5.75 Å². The van der Waals surface area contributed by atoms with E-state index in [1.54, 1.807) is 24.3 Å². The van der Waals surface area contributed by atoms with E-state index < -0.39 is 6.55 Å². The summed E-state index contributed by atoms with van der Waals surface area (Å²) in [6.45, 7) is 1.24. The minimum Gasteiger partial charge on any atom is -0.274 e. The molecule has 138 valence electrons. The minimum absolute atomic E-state index is 0.267. The smallest absolute Gasteiger partial charge is 0.274 e. The molecule has 0 radical (unpaired) electrons. The molecular formula is C19H17F2N5S. The highest BCUT2D eigenvalue weighted by Crippen LogP contribution is 2.30. The van der Waals surface area contributed by atoms with Gasteiger partial charge in [0.1, 0.15) is 11.6 Å². The first-order valence-corrected chi connectivity index (χ1v) is 9.39. The molecule has 2 aromatic carbocycles. The third kappa shape index (κ3) is 3.21. The Hall–Kier alpha value is -2.74. The Labute approximate surface area is 159 Å². The van der Waals surface area contributed by atoms with Gasteiger partial charge >= 0.3 is 6.55 Å². The number of hydrogen-bond acceptors (Lipinski definition) is 4. The van der Waals surface area contributed by atoms with Gasteiger partial charge in [-0.1, -0.05) is 42.1 Å². The Morgan fingerprint density at radius 3 is 2.52 bits per heavy atom. The van der Waals surface area contributed by atoms with Crippen LogP contribution in [0.15, 0.2) is 53.7 Å². The van der Waals surface area contributed by atoms with E-state index in [2.05, 4.69) is 15.2 Å². The number of rotatable bonds is 5. The number of alkyl halides is 2. The monoisotopic (exact) mass is 385 g/mol. The van der Waals surface area contributed by atoms with Crippen molar-refractivity contribution in [2.24, 2.45) is 0 Å². The molecule has 0 amide bonds. The predicted molar refractivity (Wildman–Crippen MR) is 101 cm³/mol. The van der Waals surface area contributed by atoms with Crippen LogP contribution in [0.1, 0.15) is 23.8 Å². The average Bonchev–Trinajstić information content (AvgIpc) is 3.20. The summed E-state index contributed by atoms with van der Waals surface area (Å²) in [6, 6.07) is 14.8. The fraction of sp³-hybridized carbons (Fsp3) is 0.211. The Kier molecular flexibility index (Phi) is 4.65. The Morgan fingerprint density at radius 2 is 1.74 bits per heavy atom. The molecule has 0 N–H and O–H groups in total. The Bertz CT molecular complexity index is 1100. The van der Waals surface area contributed by atoms with Crippen molar-refractivity contribution in [2.75, 3.05) is 0 Å². The van der Waals surface area contributed by atoms with Crippen molar-refractivity contribution in [1.29, 1.82) is 0 Å². The van der Waals surface area contributed by atoms with Gasteiger partial charge in [-0.25, -0.2) is 4.98 Å². The van der Waals surface area contributed by atoms with Gasteiger partial charge in [0, 0.05) is 0 Å². The van der Waals surface area contributed by atoms with Crippen LogP contribution in [0.4, 0.5) is 8.78 Å². The van der Waals surface area contributed by atoms with E-state index in [1.807, 2.05) is 42.7 Å². The number of halogens is 2. The summed E-state index contributed by atoms with van der Waals surface area (Å²) in [4.78, 5) is 4.38. The predicted octanol–water partition coefficient (Wildman–Crippen LogP) is 4.92. The van der Waals surface area contributed by atoms with E-state index in [9.17, 15) is 8.78 Å². The molecule has 27 heavy (non-hydrogen) atoms. The molecule has 0 atom stereocenters. The highest BCUT2D eigenvalue weighted by Gasteiger charge is 2.19. The molecule has 0 fully saturated rings. The van der Waals surface area contributed by atoms with E-state index in [1.165, 1.54) is 11.8 Å². The summed E-state index contributed by atoms with van der Waals surface area (Å²) >= 11 is 1.34. The van der Waals surface area contributed by atoms with Crippen LogP contribution in [0.5, 0.6) is 0 Å². The number of aryl methyl sites for hydroxylation is 2. The summed E-state index contributed by atoms with van der Waals surface area (Å²) in [6.07, 6.45) is 0. The number of para-hydroxylation sites is 3. The second-order valence-electron chi connectivity index (χ2n) is 6.10. The van der Waals surface area contributed by atoms with Gasteiger partial charge in [0.25, 0.3) is 0 Å². The molecule has 4 aromatic rings. The van der Waals surface area contributed by atoms with Crippen LogP contribution in [0, 0.1) is 13.8 Å². The van der Waals surface area contributed by atoms with Gasteiger partial charge in [0.2, 0.25) is 0 Å². The molecule has 0 spiro atoms. The van der Waals surface area contributed by atoms with Crippen LogP contribution in [0.25, 0.3) is 16.7 Å². The number of fused-ring (bicyclic) bond motifs is 1. The second-order valence-corrected chi connectivity index (χ2v) is 7.05. The number of thioether (sulfide) groups is 1. The van der Waals surface area contributed by atoms with Crippen molar-refractivity contribution in [2.45, 2.75) is 31.3 Å². The van der Waals surface area contributed by atoms with Gasteiger partial charge in [-0.05, 0) is 37.6 Å². The van der Waals surface area contributed by atoms with E-state index in [-0.39, 0.29) is 5.75 Å². The fourth-order valence-electron chi connectivity index (χ4n) is 3.07. The molecular weight excluding hydrogens is 368 g/mol. The number of benzene rings is 2. The van der Waals surface area contributed by atoms with Crippen LogP contribution >= 0.6 is 11.8 Å². The van der Waals surface area contributed by atoms with Gasteiger partial charge < -0.3 is 0 Å². The summed E-state index contributed by atoms with van der Waals surface area (Å²) in [5.74, 6) is 1.32. The SMILES string of the molecule is Cc1ccccc1-n1c(C)nnc1SCc1nc2ccccc2n1C(F)F.